The molecule has 18 nitrogen and oxygen atoms in total. The molecule has 2 aromatic carbocycles. The Bertz CT molecular complexity index is 2300. The van der Waals surface area contributed by atoms with Crippen LogP contribution in [0.15, 0.2) is 92.8 Å². The number of carboxylic acid groups (broad SMARTS) is 2. The molecule has 266 valence electrons. The fourth-order valence-corrected chi connectivity index (χ4v) is 6.07. The van der Waals surface area contributed by atoms with Gasteiger partial charge in [-0.3, -0.25) is 9.59 Å². The van der Waals surface area contributed by atoms with Crippen LogP contribution in [0.4, 0.5) is 5.69 Å². The molecule has 2 aliphatic rings. The molecule has 2 aliphatic heterocycles. The first-order valence-corrected chi connectivity index (χ1v) is 17.5. The number of anilines is 1. The molecule has 2 amide bonds. The molecule has 0 atom stereocenters. The fraction of sp³-hybridized carbons (Fsp3) is 0.161. The Balaban J connectivity index is 0.00000336. The summed E-state index contributed by atoms with van der Waals surface area (Å²) in [5.74, 6) is -6.13. The number of hydrogen-bond acceptors (Lipinski definition) is 15. The maximum Gasteiger partial charge on any atom is 1.00 e. The Morgan fingerprint density at radius 2 is 1.30 bits per heavy atom. The second-order valence-corrected chi connectivity index (χ2v) is 13.7. The molecule has 23 heteroatoms. The van der Waals surface area contributed by atoms with Gasteiger partial charge >= 0.3 is 154 Å². The summed E-state index contributed by atoms with van der Waals surface area (Å²) in [4.78, 5) is 51.1. The van der Waals surface area contributed by atoms with Crippen LogP contribution in [0, 0.1) is 0 Å². The van der Waals surface area contributed by atoms with E-state index in [1.807, 2.05) is 0 Å². The minimum Gasteiger partial charge on any atom is -0.744 e. The van der Waals surface area contributed by atoms with Gasteiger partial charge in [-0.05, 0) is 92.1 Å². The van der Waals surface area contributed by atoms with Gasteiger partial charge in [0.25, 0.3) is 11.8 Å². The number of benzene rings is 2. The summed E-state index contributed by atoms with van der Waals surface area (Å²) < 4.78 is 68.4. The molecule has 1 N–H and O–H groups in total. The molecular weight excluding hydrogens is 832 g/mol. The molecule has 1 aromatic heterocycles. The molecular formula is C31H23K3N5O13S2-. The average Bonchev–Trinajstić information content (AvgIpc) is 3.60. The van der Waals surface area contributed by atoms with Crippen molar-refractivity contribution in [1.29, 1.82) is 0 Å². The van der Waals surface area contributed by atoms with Crippen molar-refractivity contribution in [3.05, 3.63) is 89.2 Å². The Labute approximate surface area is 435 Å². The minimum absolute atomic E-state index is 0. The number of allylic oxidation sites excluding steroid dienone is 2. The van der Waals surface area contributed by atoms with Crippen molar-refractivity contribution in [3.63, 3.8) is 0 Å². The van der Waals surface area contributed by atoms with Crippen molar-refractivity contribution < 1.29 is 215 Å². The van der Waals surface area contributed by atoms with Crippen molar-refractivity contribution >= 4 is 61.5 Å². The first-order chi connectivity index (χ1) is 24.0. The average molecular weight is 855 g/mol. The van der Waals surface area contributed by atoms with E-state index in [4.69, 9.17) is 0 Å². The second-order valence-electron chi connectivity index (χ2n) is 10.9. The van der Waals surface area contributed by atoms with Crippen LogP contribution < -0.4 is 169 Å². The van der Waals surface area contributed by atoms with E-state index in [2.05, 4.69) is 10.2 Å². The summed E-state index contributed by atoms with van der Waals surface area (Å²) in [6.07, 6.45) is 6.31. The molecule has 54 heavy (non-hydrogen) atoms. The topological polar surface area (TPSA) is 286 Å². The van der Waals surface area contributed by atoms with Crippen LogP contribution in [0.2, 0.25) is 0 Å². The van der Waals surface area contributed by atoms with Crippen LogP contribution in [0.3, 0.4) is 0 Å². The van der Waals surface area contributed by atoms with E-state index in [1.54, 1.807) is 0 Å². The molecule has 0 unspecified atom stereocenters. The molecule has 0 aliphatic carbocycles. The van der Waals surface area contributed by atoms with Crippen molar-refractivity contribution in [3.8, 4) is 11.6 Å². The third-order valence-electron chi connectivity index (χ3n) is 7.65. The number of amides is 2. The van der Waals surface area contributed by atoms with Gasteiger partial charge in [-0.15, -0.1) is 0 Å². The number of likely N-dealkylation sites (tertiary alicyclic amines) is 1. The number of nitrogens with zero attached hydrogens (tertiary/aromatic N) is 5. The summed E-state index contributed by atoms with van der Waals surface area (Å²) in [6.45, 7) is 0.688. The van der Waals surface area contributed by atoms with Gasteiger partial charge < -0.3 is 38.9 Å². The van der Waals surface area contributed by atoms with Gasteiger partial charge in [0.05, 0.1) is 44.2 Å². The maximum absolute atomic E-state index is 13.6. The van der Waals surface area contributed by atoms with E-state index in [0.717, 1.165) is 83.9 Å². The Morgan fingerprint density at radius 3 is 1.78 bits per heavy atom. The van der Waals surface area contributed by atoms with Gasteiger partial charge in [-0.2, -0.15) is 15.2 Å². The largest absolute Gasteiger partial charge is 1.00 e. The van der Waals surface area contributed by atoms with Crippen LogP contribution >= 0.6 is 0 Å². The van der Waals surface area contributed by atoms with Gasteiger partial charge in [0, 0.05) is 18.7 Å². The number of piperidine rings is 1. The number of hydrogen-bond donors (Lipinski definition) is 1. The molecule has 3 heterocycles. The number of rotatable bonds is 10. The first-order valence-electron chi connectivity index (χ1n) is 14.7. The molecule has 0 saturated carbocycles. The van der Waals surface area contributed by atoms with E-state index in [9.17, 15) is 60.4 Å². The maximum atomic E-state index is 13.6. The Morgan fingerprint density at radius 1 is 0.778 bits per heavy atom. The quantitative estimate of drug-likeness (QED) is 0.0858. The van der Waals surface area contributed by atoms with E-state index in [-0.39, 0.29) is 171 Å². The van der Waals surface area contributed by atoms with Crippen LogP contribution in [0.1, 0.15) is 35.3 Å². The zero-order valence-electron chi connectivity index (χ0n) is 28.9. The first kappa shape index (κ1) is 49.1. The van der Waals surface area contributed by atoms with Crippen molar-refractivity contribution in [2.24, 2.45) is 5.10 Å². The molecule has 0 bridgehead atoms. The summed E-state index contributed by atoms with van der Waals surface area (Å²) >= 11 is 0. The van der Waals surface area contributed by atoms with Crippen molar-refractivity contribution in [1.82, 2.24) is 14.7 Å². The molecule has 1 fully saturated rings. The predicted octanol–water partition coefficient (Wildman–Crippen LogP) is -10.2. The van der Waals surface area contributed by atoms with Crippen LogP contribution in [-0.2, 0) is 34.6 Å². The predicted molar refractivity (Wildman–Crippen MR) is 167 cm³/mol. The van der Waals surface area contributed by atoms with Crippen molar-refractivity contribution in [2.75, 3.05) is 18.1 Å². The van der Waals surface area contributed by atoms with Crippen LogP contribution in [0.25, 0.3) is 11.8 Å². The SMILES string of the molecule is O=C([O-])C1=NN(c2ccc(S(=O)(=O)[O-])cc2)C(=O)\C1=C/C=C(/C=C/c1c(C(=O)[O-])nn(-c2ccc(S(=O)(=O)[O-])cc2)c1O)C(=O)N1CCCCC1.[K+].[K+].[K+]. The van der Waals surface area contributed by atoms with E-state index in [1.165, 1.54) is 4.90 Å². The van der Waals surface area contributed by atoms with Crippen LogP contribution in [0.5, 0.6) is 5.88 Å². The minimum atomic E-state index is -4.82. The van der Waals surface area contributed by atoms with Crippen LogP contribution in [-0.4, -0.2) is 88.3 Å². The smallest absolute Gasteiger partial charge is 0.744 e. The molecule has 0 spiro atoms. The van der Waals surface area contributed by atoms with E-state index >= 15 is 0 Å². The Hall–Kier alpha value is -1.05. The summed E-state index contributed by atoms with van der Waals surface area (Å²) in [5.41, 5.74) is -3.01. The number of carboxylic acids is 2. The molecule has 1 saturated heterocycles. The van der Waals surface area contributed by atoms with E-state index < -0.39 is 82.2 Å². The summed E-state index contributed by atoms with van der Waals surface area (Å²) in [7, 11) is -9.64. The number of hydrazone groups is 1. The monoisotopic (exact) mass is 854 g/mol. The van der Waals surface area contributed by atoms with Crippen molar-refractivity contribution in [2.45, 2.75) is 29.1 Å². The number of aromatic hydroxyl groups is 1. The van der Waals surface area contributed by atoms with E-state index in [0.29, 0.717) is 30.9 Å². The molecule has 0 radical (unpaired) electrons. The number of aliphatic carboxylic acids is 1. The summed E-state index contributed by atoms with van der Waals surface area (Å²) in [5, 5.41) is 43.0. The molecule has 5 rings (SSSR count). The number of aromatic carboxylic acids is 1. The fourth-order valence-electron chi connectivity index (χ4n) is 5.13. The third kappa shape index (κ3) is 11.5. The third-order valence-corrected chi connectivity index (χ3v) is 9.35. The molecule has 3 aromatic rings. The normalized spacial score (nSPS) is 15.7. The number of carbonyl (C=O) groups is 4. The van der Waals surface area contributed by atoms with Gasteiger partial charge in [0.15, 0.2) is 0 Å². The summed E-state index contributed by atoms with van der Waals surface area (Å²) in [6, 6.07) is 7.89. The standard InChI is InChI=1S/C31H27N5O13S2.3K/c37-27(34-16-2-1-3-17-34)18(4-14-23-25(30(40)41)32-35(28(23)38)19-6-10-21(11-7-19)50(44,45)46)5-15-24-26(31(42)43)33-36(29(24)39)20-8-12-22(13-9-20)51(47,48)49;;;/h4-15,38H,1-3,16-17H2,(H,40,41)(H,42,43)(H,44,45,46)(H,47,48,49);;;/q;3*+1/p-4/b14-4+,18-5-,24-15-;;;. The van der Waals surface area contributed by atoms with Gasteiger partial charge in [0.2, 0.25) is 5.88 Å². The Kier molecular flexibility index (Phi) is 18.7. The zero-order chi connectivity index (χ0) is 37.2. The van der Waals surface area contributed by atoms with Gasteiger partial charge in [0.1, 0.15) is 31.6 Å². The number of carbonyl (C=O) groups excluding carboxylic acids is 4. The second kappa shape index (κ2) is 20.6. The van der Waals surface area contributed by atoms with Gasteiger partial charge in [-0.25, -0.2) is 21.5 Å². The van der Waals surface area contributed by atoms with Gasteiger partial charge in [-0.1, -0.05) is 0 Å². The number of aromatic nitrogens is 2. The zero-order valence-corrected chi connectivity index (χ0v) is 39.9.